The second-order valence-corrected chi connectivity index (χ2v) is 7.36. The minimum atomic E-state index is -1.60. The number of H-pyrrole nitrogens is 1. The van der Waals surface area contributed by atoms with E-state index in [-0.39, 0.29) is 23.8 Å². The smallest absolute Gasteiger partial charge is 0.417 e. The van der Waals surface area contributed by atoms with E-state index < -0.39 is 47.9 Å². The summed E-state index contributed by atoms with van der Waals surface area (Å²) in [6.45, 7) is -0.775. The molecule has 162 valence electrons. The van der Waals surface area contributed by atoms with E-state index in [4.69, 9.17) is 9.47 Å². The lowest BCUT2D eigenvalue weighted by molar-refractivity contribution is -0.380. The van der Waals surface area contributed by atoms with Gasteiger partial charge in [0.25, 0.3) is 0 Å². The number of nitrogens with one attached hydrogen (secondary N) is 1. The molecule has 3 heterocycles. The molecule has 0 unspecified atom stereocenters. The number of rotatable bonds is 7. The minimum absolute atomic E-state index is 0.0443. The number of aliphatic hydroxyl groups is 3. The van der Waals surface area contributed by atoms with Crippen molar-refractivity contribution in [1.82, 2.24) is 9.97 Å². The summed E-state index contributed by atoms with van der Waals surface area (Å²) in [6, 6.07) is 4.15. The molecule has 14 heteroatoms. The van der Waals surface area contributed by atoms with Crippen LogP contribution < -0.4 is 10.6 Å². The number of aromatic amines is 1. The minimum Gasteiger partial charge on any atom is -0.449 e. The number of ether oxygens (including phenoxy) is 2. The van der Waals surface area contributed by atoms with Gasteiger partial charge in [0.2, 0.25) is 0 Å². The molecule has 0 aliphatic carbocycles. The molecule has 0 saturated carbocycles. The molecule has 0 radical (unpaired) electrons. The van der Waals surface area contributed by atoms with Crippen molar-refractivity contribution in [2.24, 2.45) is 0 Å². The van der Waals surface area contributed by atoms with Gasteiger partial charge in [-0.05, 0) is 12.1 Å². The Morgan fingerprint density at radius 2 is 2.13 bits per heavy atom. The van der Waals surface area contributed by atoms with E-state index in [1.54, 1.807) is 6.07 Å². The normalized spacial score (nSPS) is 23.3. The molecule has 2 aromatic rings. The number of carbonyl (C=O) groups is 1. The summed E-state index contributed by atoms with van der Waals surface area (Å²) in [5.74, 6) is -0.203. The summed E-state index contributed by atoms with van der Waals surface area (Å²) in [6.07, 6.45) is -5.34. The number of aliphatic hydroxyl groups excluding tert-OH is 3. The van der Waals surface area contributed by atoms with Crippen molar-refractivity contribution in [1.29, 1.82) is 0 Å². The quantitative estimate of drug-likeness (QED) is 0.317. The number of anilines is 1. The number of hydrogen-bond donors (Lipinski definition) is 4. The van der Waals surface area contributed by atoms with Gasteiger partial charge in [-0.1, -0.05) is 11.3 Å². The van der Waals surface area contributed by atoms with Gasteiger partial charge in [-0.25, -0.2) is 14.5 Å². The Morgan fingerprint density at radius 3 is 2.73 bits per heavy atom. The second-order valence-electron chi connectivity index (χ2n) is 6.21. The molecule has 0 aromatic carbocycles. The molecule has 0 bridgehead atoms. The number of thiophene rings is 1. The zero-order valence-electron chi connectivity index (χ0n) is 15.3. The van der Waals surface area contributed by atoms with Crippen LogP contribution in [0.15, 0.2) is 29.2 Å². The van der Waals surface area contributed by atoms with Gasteiger partial charge in [-0.15, -0.1) is 0 Å². The SMILES string of the molecule is O=C(OCCc1ccc([N+](=O)[O-])s1)N(c1cc[nH]c(=O)n1)[C@@H]1O[C@H](CO)[C@@H](O)[C@@H]1O. The third-order valence-electron chi connectivity index (χ3n) is 4.27. The van der Waals surface area contributed by atoms with Crippen LogP contribution in [0.3, 0.4) is 0 Å². The number of nitro groups is 1. The Bertz CT molecular complexity index is 964. The molecule has 3 rings (SSSR count). The van der Waals surface area contributed by atoms with Crippen molar-refractivity contribution in [3.8, 4) is 0 Å². The molecule has 1 amide bonds. The van der Waals surface area contributed by atoms with Crippen LogP contribution in [-0.2, 0) is 15.9 Å². The Balaban J connectivity index is 1.75. The molecular formula is C16H18N4O9S. The maximum Gasteiger partial charge on any atom is 0.417 e. The Kier molecular flexibility index (Phi) is 6.73. The van der Waals surface area contributed by atoms with Crippen LogP contribution in [0.25, 0.3) is 0 Å². The molecule has 4 atom stereocenters. The Labute approximate surface area is 172 Å². The van der Waals surface area contributed by atoms with Gasteiger partial charge in [0, 0.05) is 23.6 Å². The fourth-order valence-electron chi connectivity index (χ4n) is 2.82. The number of nitrogens with zero attached hydrogens (tertiary/aromatic N) is 3. The van der Waals surface area contributed by atoms with E-state index in [1.807, 2.05) is 0 Å². The zero-order valence-corrected chi connectivity index (χ0v) is 16.1. The topological polar surface area (TPSA) is 188 Å². The molecule has 1 aliphatic rings. The van der Waals surface area contributed by atoms with Gasteiger partial charge in [-0.2, -0.15) is 4.98 Å². The summed E-state index contributed by atoms with van der Waals surface area (Å²) >= 11 is 0.941. The summed E-state index contributed by atoms with van der Waals surface area (Å²) in [5.41, 5.74) is -0.775. The molecule has 0 spiro atoms. The van der Waals surface area contributed by atoms with Crippen LogP contribution in [0.2, 0.25) is 0 Å². The first-order chi connectivity index (χ1) is 14.3. The highest BCUT2D eigenvalue weighted by Gasteiger charge is 2.48. The number of carbonyl (C=O) groups excluding carboxylic acids is 1. The van der Waals surface area contributed by atoms with Crippen molar-refractivity contribution < 1.29 is 34.5 Å². The molecule has 1 aliphatic heterocycles. The van der Waals surface area contributed by atoms with Crippen LogP contribution in [0.4, 0.5) is 15.6 Å². The predicted octanol–water partition coefficient (Wildman–Crippen LogP) is -0.636. The highest BCUT2D eigenvalue weighted by Crippen LogP contribution is 2.28. The average molecular weight is 442 g/mol. The highest BCUT2D eigenvalue weighted by atomic mass is 32.1. The Morgan fingerprint density at radius 1 is 1.37 bits per heavy atom. The van der Waals surface area contributed by atoms with Crippen LogP contribution in [0.5, 0.6) is 0 Å². The van der Waals surface area contributed by atoms with Crippen molar-refractivity contribution in [2.75, 3.05) is 18.1 Å². The standard InChI is InChI=1S/C16H18N4O9S/c21-7-9-12(22)13(23)14(29-9)19(10-3-5-17-15(24)18-10)16(25)28-6-4-8-1-2-11(30-8)20(26)27/h1-3,5,9,12-14,21-23H,4,6-7H2,(H,17,18,24)/t9-,12-,13+,14-/m1/s1. The van der Waals surface area contributed by atoms with Crippen molar-refractivity contribution in [3.05, 3.63) is 49.9 Å². The van der Waals surface area contributed by atoms with Crippen LogP contribution >= 0.6 is 11.3 Å². The summed E-state index contributed by atoms with van der Waals surface area (Å²) in [7, 11) is 0. The second kappa shape index (κ2) is 9.27. The number of hydrogen-bond acceptors (Lipinski definition) is 11. The average Bonchev–Trinajstić information content (AvgIpc) is 3.29. The molecular weight excluding hydrogens is 424 g/mol. The van der Waals surface area contributed by atoms with E-state index in [9.17, 15) is 35.0 Å². The van der Waals surface area contributed by atoms with Gasteiger partial charge in [-0.3, -0.25) is 10.1 Å². The third kappa shape index (κ3) is 4.63. The lowest BCUT2D eigenvalue weighted by atomic mass is 10.1. The summed E-state index contributed by atoms with van der Waals surface area (Å²) < 4.78 is 10.5. The van der Waals surface area contributed by atoms with E-state index in [2.05, 4.69) is 9.97 Å². The summed E-state index contributed by atoms with van der Waals surface area (Å²) in [5, 5.41) is 40.2. The fourth-order valence-corrected chi connectivity index (χ4v) is 3.62. The van der Waals surface area contributed by atoms with Gasteiger partial charge in [0.05, 0.1) is 18.1 Å². The van der Waals surface area contributed by atoms with Crippen molar-refractivity contribution >= 4 is 28.2 Å². The van der Waals surface area contributed by atoms with Crippen LogP contribution in [0, 0.1) is 10.1 Å². The van der Waals surface area contributed by atoms with Crippen LogP contribution in [-0.4, -0.2) is 74.1 Å². The monoisotopic (exact) mass is 442 g/mol. The molecule has 30 heavy (non-hydrogen) atoms. The van der Waals surface area contributed by atoms with Gasteiger partial charge in [0.15, 0.2) is 6.23 Å². The highest BCUT2D eigenvalue weighted by molar-refractivity contribution is 7.15. The fraction of sp³-hybridized carbons (Fsp3) is 0.438. The van der Waals surface area contributed by atoms with Crippen LogP contribution in [0.1, 0.15) is 4.88 Å². The van der Waals surface area contributed by atoms with E-state index in [0.29, 0.717) is 4.88 Å². The van der Waals surface area contributed by atoms with Crippen molar-refractivity contribution in [3.63, 3.8) is 0 Å². The Hall–Kier alpha value is -2.91. The molecule has 1 saturated heterocycles. The first-order valence-electron chi connectivity index (χ1n) is 8.69. The van der Waals surface area contributed by atoms with Gasteiger partial charge in [0.1, 0.15) is 24.1 Å². The largest absolute Gasteiger partial charge is 0.449 e. The lowest BCUT2D eigenvalue weighted by Gasteiger charge is -2.28. The lowest BCUT2D eigenvalue weighted by Crippen LogP contribution is -2.48. The first-order valence-corrected chi connectivity index (χ1v) is 9.50. The number of amides is 1. The predicted molar refractivity (Wildman–Crippen MR) is 101 cm³/mol. The van der Waals surface area contributed by atoms with E-state index in [0.717, 1.165) is 16.2 Å². The van der Waals surface area contributed by atoms with E-state index in [1.165, 1.54) is 18.3 Å². The maximum atomic E-state index is 12.7. The number of aromatic nitrogens is 2. The maximum absolute atomic E-state index is 12.7. The van der Waals surface area contributed by atoms with Gasteiger partial charge >= 0.3 is 16.8 Å². The van der Waals surface area contributed by atoms with Crippen molar-refractivity contribution in [2.45, 2.75) is 31.0 Å². The molecule has 4 N–H and O–H groups in total. The molecule has 2 aromatic heterocycles. The third-order valence-corrected chi connectivity index (χ3v) is 5.37. The molecule has 13 nitrogen and oxygen atoms in total. The molecule has 1 fully saturated rings. The first kappa shape index (κ1) is 21.8. The van der Waals surface area contributed by atoms with E-state index >= 15 is 0 Å². The van der Waals surface area contributed by atoms with Gasteiger partial charge < -0.3 is 29.8 Å². The summed E-state index contributed by atoms with van der Waals surface area (Å²) in [4.78, 5) is 41.8. The zero-order chi connectivity index (χ0) is 21.8.